The topological polar surface area (TPSA) is 139 Å². The normalized spacial score (nSPS) is 18.0. The van der Waals surface area contributed by atoms with Crippen LogP contribution < -0.4 is 10.6 Å². The second-order valence-electron chi connectivity index (χ2n) is 7.71. The first-order chi connectivity index (χ1) is 14.6. The molecule has 0 radical (unpaired) electrons. The molecule has 1 aromatic rings. The zero-order valence-electron chi connectivity index (χ0n) is 17.6. The van der Waals surface area contributed by atoms with E-state index in [1.165, 1.54) is 38.5 Å². The number of hydrogen-bond donors (Lipinski definition) is 5. The van der Waals surface area contributed by atoms with Gasteiger partial charge in [-0.3, -0.25) is 13.8 Å². The molecule has 1 aliphatic rings. The first-order valence-electron chi connectivity index (χ1n) is 9.34. The molecule has 12 heteroatoms. The van der Waals surface area contributed by atoms with Gasteiger partial charge in [-0.25, -0.2) is 4.98 Å². The number of nitrogens with one attached hydrogen (secondary N) is 4. The molecule has 0 bridgehead atoms. The van der Waals surface area contributed by atoms with Crippen LogP contribution in [0.4, 0.5) is 13.2 Å². The maximum atomic E-state index is 12.9. The molecule has 32 heavy (non-hydrogen) atoms. The molecule has 0 saturated carbocycles. The number of pyridine rings is 1. The van der Waals surface area contributed by atoms with Gasteiger partial charge in [0.15, 0.2) is 0 Å². The molecular formula is C20H24F3N5O3S. The Hall–Kier alpha value is -2.99. The lowest BCUT2D eigenvalue weighted by Gasteiger charge is -2.28. The van der Waals surface area contributed by atoms with Crippen LogP contribution in [0.25, 0.3) is 0 Å². The quantitative estimate of drug-likeness (QED) is 0.389. The molecule has 0 saturated heterocycles. The first kappa shape index (κ1) is 25.3. The molecule has 1 unspecified atom stereocenters. The summed E-state index contributed by atoms with van der Waals surface area (Å²) in [5.74, 6) is -0.832. The Bertz CT molecular complexity index is 1110. The van der Waals surface area contributed by atoms with Crippen molar-refractivity contribution in [3.05, 3.63) is 64.8 Å². The number of nitrogens with zero attached hydrogens (tertiary/aromatic N) is 1. The molecule has 1 heterocycles. The number of allylic oxidation sites excluding steroid dienone is 3. The molecule has 1 amide bonds. The molecule has 1 atom stereocenters. The Morgan fingerprint density at radius 2 is 1.94 bits per heavy atom. The lowest BCUT2D eigenvalue weighted by molar-refractivity contribution is -0.141. The lowest BCUT2D eigenvalue weighted by Crippen LogP contribution is -2.35. The summed E-state index contributed by atoms with van der Waals surface area (Å²) in [6, 6.07) is 2.94. The van der Waals surface area contributed by atoms with E-state index in [2.05, 4.69) is 15.6 Å². The third kappa shape index (κ3) is 7.02. The average molecular weight is 472 g/mol. The van der Waals surface area contributed by atoms with Gasteiger partial charge in [-0.1, -0.05) is 6.07 Å². The molecular weight excluding hydrogens is 447 g/mol. The standard InChI is InChI=1S/C20H24F3N5O3S/c1-19(2,30)13-10-14(24)12(11-26-7-8-32(3,25)31)9-16(13)28-18(29)15-5-4-6-17(27-15)20(21,22)23/h4-6,9-11,24-26,30H,7-8H2,1-3H3,(H,28,29)/b12-11-,24-14?. The maximum absolute atomic E-state index is 12.9. The fraction of sp³-hybridized carbons (Fsp3) is 0.350. The summed E-state index contributed by atoms with van der Waals surface area (Å²) in [6.07, 6.45) is 0.738. The van der Waals surface area contributed by atoms with Gasteiger partial charge in [0.1, 0.15) is 11.4 Å². The number of hydrogen-bond acceptors (Lipinski definition) is 7. The molecule has 1 aromatic heterocycles. The van der Waals surface area contributed by atoms with Crippen molar-refractivity contribution in [2.24, 2.45) is 0 Å². The third-order valence-electron chi connectivity index (χ3n) is 4.26. The Balaban J connectivity index is 2.32. The molecule has 8 nitrogen and oxygen atoms in total. The van der Waals surface area contributed by atoms with Crippen LogP contribution in [0.3, 0.4) is 0 Å². The summed E-state index contributed by atoms with van der Waals surface area (Å²) in [4.78, 5) is 15.9. The second kappa shape index (κ2) is 9.25. The van der Waals surface area contributed by atoms with Crippen molar-refractivity contribution in [2.45, 2.75) is 25.6 Å². The van der Waals surface area contributed by atoms with Crippen molar-refractivity contribution in [2.75, 3.05) is 18.6 Å². The average Bonchev–Trinajstić information content (AvgIpc) is 2.65. The fourth-order valence-electron chi connectivity index (χ4n) is 2.69. The summed E-state index contributed by atoms with van der Waals surface area (Å²) in [7, 11) is -2.69. The lowest BCUT2D eigenvalue weighted by atomic mass is 9.87. The Kier molecular flexibility index (Phi) is 7.30. The van der Waals surface area contributed by atoms with E-state index in [9.17, 15) is 27.3 Å². The minimum Gasteiger partial charge on any atom is -0.389 e. The zero-order chi connectivity index (χ0) is 24.3. The van der Waals surface area contributed by atoms with Gasteiger partial charge in [0.2, 0.25) is 0 Å². The second-order valence-corrected chi connectivity index (χ2v) is 10.1. The van der Waals surface area contributed by atoms with Crippen LogP contribution in [0.1, 0.15) is 30.0 Å². The molecule has 174 valence electrons. The van der Waals surface area contributed by atoms with Gasteiger partial charge in [0.25, 0.3) is 5.91 Å². The van der Waals surface area contributed by atoms with Gasteiger partial charge < -0.3 is 21.1 Å². The van der Waals surface area contributed by atoms with Crippen molar-refractivity contribution >= 4 is 21.3 Å². The highest BCUT2D eigenvalue weighted by molar-refractivity contribution is 7.91. The Labute approximate surface area is 183 Å². The molecule has 0 aliphatic heterocycles. The van der Waals surface area contributed by atoms with Crippen LogP contribution in [-0.4, -0.2) is 50.1 Å². The van der Waals surface area contributed by atoms with Gasteiger partial charge in [-0.2, -0.15) is 13.2 Å². The predicted octanol–water partition coefficient (Wildman–Crippen LogP) is 2.59. The van der Waals surface area contributed by atoms with Gasteiger partial charge >= 0.3 is 6.18 Å². The first-order valence-corrected chi connectivity index (χ1v) is 11.5. The minimum atomic E-state index is -4.71. The molecule has 2 rings (SSSR count). The smallest absolute Gasteiger partial charge is 0.389 e. The summed E-state index contributed by atoms with van der Waals surface area (Å²) in [5, 5.41) is 23.9. The molecule has 0 fully saturated rings. The van der Waals surface area contributed by atoms with E-state index >= 15 is 0 Å². The van der Waals surface area contributed by atoms with E-state index in [0.29, 0.717) is 5.57 Å². The number of alkyl halides is 3. The Morgan fingerprint density at radius 3 is 2.50 bits per heavy atom. The van der Waals surface area contributed by atoms with E-state index < -0.39 is 38.8 Å². The van der Waals surface area contributed by atoms with E-state index in [0.717, 1.165) is 18.2 Å². The monoisotopic (exact) mass is 471 g/mol. The van der Waals surface area contributed by atoms with E-state index in [-0.39, 0.29) is 29.3 Å². The largest absolute Gasteiger partial charge is 0.433 e. The predicted molar refractivity (Wildman–Crippen MR) is 115 cm³/mol. The van der Waals surface area contributed by atoms with Crippen LogP contribution in [0.15, 0.2) is 53.4 Å². The number of aliphatic hydroxyl groups is 1. The van der Waals surface area contributed by atoms with Crippen LogP contribution in [0, 0.1) is 10.2 Å². The van der Waals surface area contributed by atoms with Gasteiger partial charge in [0.05, 0.1) is 11.3 Å². The van der Waals surface area contributed by atoms with E-state index in [1.54, 1.807) is 0 Å². The van der Waals surface area contributed by atoms with Gasteiger partial charge in [0, 0.05) is 51.3 Å². The molecule has 0 aromatic carbocycles. The number of carbonyl (C=O) groups excluding carboxylic acids is 1. The number of aromatic nitrogens is 1. The van der Waals surface area contributed by atoms with Crippen LogP contribution in [0.5, 0.6) is 0 Å². The fourth-order valence-corrected chi connectivity index (χ4v) is 3.19. The van der Waals surface area contributed by atoms with Crippen LogP contribution in [-0.2, 0) is 15.9 Å². The van der Waals surface area contributed by atoms with E-state index in [1.807, 2.05) is 0 Å². The maximum Gasteiger partial charge on any atom is 0.433 e. The molecule has 5 N–H and O–H groups in total. The highest BCUT2D eigenvalue weighted by Gasteiger charge is 2.33. The van der Waals surface area contributed by atoms with Crippen LogP contribution in [0.2, 0.25) is 0 Å². The van der Waals surface area contributed by atoms with Gasteiger partial charge in [-0.15, -0.1) is 0 Å². The number of amides is 1. The van der Waals surface area contributed by atoms with Crippen molar-refractivity contribution in [3.8, 4) is 0 Å². The SMILES string of the molecule is CC(C)(O)C1=CC(=N)/C(=C\NCCS(C)(=N)=O)C=C1NC(=O)c1cccc(C(F)(F)F)n1. The highest BCUT2D eigenvalue weighted by Crippen LogP contribution is 2.29. The molecule has 1 aliphatic carbocycles. The zero-order valence-corrected chi connectivity index (χ0v) is 18.4. The summed E-state index contributed by atoms with van der Waals surface area (Å²) in [5.41, 5.74) is -2.56. The summed E-state index contributed by atoms with van der Waals surface area (Å²) in [6.45, 7) is 3.09. The number of rotatable bonds is 7. The van der Waals surface area contributed by atoms with Crippen molar-refractivity contribution in [1.82, 2.24) is 15.6 Å². The number of carbonyl (C=O) groups is 1. The third-order valence-corrected chi connectivity index (χ3v) is 5.25. The van der Waals surface area contributed by atoms with Crippen molar-refractivity contribution in [3.63, 3.8) is 0 Å². The summed E-state index contributed by atoms with van der Waals surface area (Å²) < 4.78 is 57.6. The minimum absolute atomic E-state index is 0.00734. The highest BCUT2D eigenvalue weighted by atomic mass is 32.2. The summed E-state index contributed by atoms with van der Waals surface area (Å²) >= 11 is 0. The van der Waals surface area contributed by atoms with E-state index in [4.69, 9.17) is 10.2 Å². The Morgan fingerprint density at radius 1 is 1.28 bits per heavy atom. The molecule has 0 spiro atoms. The number of halogens is 3. The van der Waals surface area contributed by atoms with Gasteiger partial charge in [-0.05, 0) is 38.1 Å². The van der Waals surface area contributed by atoms with Crippen molar-refractivity contribution in [1.29, 1.82) is 10.2 Å². The van der Waals surface area contributed by atoms with Crippen LogP contribution >= 0.6 is 0 Å². The van der Waals surface area contributed by atoms with Crippen molar-refractivity contribution < 1.29 is 27.3 Å².